The monoisotopic (exact) mass is 456 g/mol. The molecule has 2 aromatic rings. The third kappa shape index (κ3) is 6.60. The van der Waals surface area contributed by atoms with Crippen molar-refractivity contribution >= 4 is 27.5 Å². The lowest BCUT2D eigenvalue weighted by atomic mass is 10.1. The summed E-state index contributed by atoms with van der Waals surface area (Å²) in [4.78, 5) is 12.2. The topological polar surface area (TPSA) is 103 Å². The van der Waals surface area contributed by atoms with Crippen LogP contribution in [0.25, 0.3) is 0 Å². The Morgan fingerprint density at radius 3 is 2.53 bits per heavy atom. The Morgan fingerprint density at radius 1 is 1.13 bits per heavy atom. The number of methoxy groups -OCH3 is 2. The van der Waals surface area contributed by atoms with E-state index in [0.717, 1.165) is 5.56 Å². The quantitative estimate of drug-likeness (QED) is 0.504. The van der Waals surface area contributed by atoms with E-state index in [9.17, 15) is 13.2 Å². The van der Waals surface area contributed by atoms with Gasteiger partial charge in [-0.3, -0.25) is 4.79 Å². The number of ether oxygens (including phenoxy) is 3. The molecule has 2 aromatic carbocycles. The first-order valence-electron chi connectivity index (χ1n) is 9.11. The van der Waals surface area contributed by atoms with E-state index in [4.69, 9.17) is 25.8 Å². The number of sulfonamides is 1. The van der Waals surface area contributed by atoms with Gasteiger partial charge in [0.2, 0.25) is 10.0 Å². The van der Waals surface area contributed by atoms with Crippen molar-refractivity contribution in [2.24, 2.45) is 0 Å². The predicted octanol–water partition coefficient (Wildman–Crippen LogP) is 2.53. The Kier molecular flexibility index (Phi) is 8.91. The van der Waals surface area contributed by atoms with Gasteiger partial charge in [0.05, 0.1) is 29.7 Å². The van der Waals surface area contributed by atoms with Crippen molar-refractivity contribution < 1.29 is 27.4 Å². The maximum absolute atomic E-state index is 12.2. The van der Waals surface area contributed by atoms with E-state index in [0.29, 0.717) is 5.75 Å². The van der Waals surface area contributed by atoms with Gasteiger partial charge in [0, 0.05) is 19.2 Å². The van der Waals surface area contributed by atoms with Gasteiger partial charge in [-0.2, -0.15) is 0 Å². The first-order chi connectivity index (χ1) is 14.3. The molecule has 8 nitrogen and oxygen atoms in total. The third-order valence-electron chi connectivity index (χ3n) is 4.15. The summed E-state index contributed by atoms with van der Waals surface area (Å²) in [5, 5.41) is 2.90. The van der Waals surface area contributed by atoms with E-state index >= 15 is 0 Å². The third-order valence-corrected chi connectivity index (χ3v) is 5.91. The highest BCUT2D eigenvalue weighted by Gasteiger charge is 2.17. The first-order valence-corrected chi connectivity index (χ1v) is 11.0. The van der Waals surface area contributed by atoms with Gasteiger partial charge in [-0.1, -0.05) is 29.8 Å². The van der Waals surface area contributed by atoms with Crippen LogP contribution in [0, 0.1) is 0 Å². The highest BCUT2D eigenvalue weighted by atomic mass is 35.5. The lowest BCUT2D eigenvalue weighted by Crippen LogP contribution is -2.31. The number of para-hydroxylation sites is 1. The number of hydrogen-bond donors (Lipinski definition) is 2. The average molecular weight is 457 g/mol. The van der Waals surface area contributed by atoms with Gasteiger partial charge in [0.25, 0.3) is 5.91 Å². The largest absolute Gasteiger partial charge is 0.496 e. The summed E-state index contributed by atoms with van der Waals surface area (Å²) in [6.07, 6.45) is 0. The van der Waals surface area contributed by atoms with E-state index in [-0.39, 0.29) is 47.4 Å². The zero-order valence-electron chi connectivity index (χ0n) is 17.0. The Bertz CT molecular complexity index is 968. The number of benzene rings is 2. The zero-order chi connectivity index (χ0) is 22.1. The molecule has 0 aliphatic carbocycles. The molecule has 0 aliphatic rings. The SMILES string of the molecule is COCCNS(=O)(=O)c1ccc(OCC(=O)N[C@H](C)c2ccccc2OC)c(Cl)c1. The van der Waals surface area contributed by atoms with Crippen molar-refractivity contribution in [2.75, 3.05) is 34.0 Å². The predicted molar refractivity (Wildman–Crippen MR) is 114 cm³/mol. The highest BCUT2D eigenvalue weighted by molar-refractivity contribution is 7.89. The van der Waals surface area contributed by atoms with E-state index in [1.807, 2.05) is 31.2 Å². The van der Waals surface area contributed by atoms with E-state index < -0.39 is 10.0 Å². The fourth-order valence-corrected chi connectivity index (χ4v) is 3.99. The van der Waals surface area contributed by atoms with E-state index in [1.54, 1.807) is 7.11 Å². The molecule has 2 N–H and O–H groups in total. The number of halogens is 1. The van der Waals surface area contributed by atoms with Crippen molar-refractivity contribution in [2.45, 2.75) is 17.9 Å². The van der Waals surface area contributed by atoms with Crippen LogP contribution < -0.4 is 19.5 Å². The number of carbonyl (C=O) groups is 1. The van der Waals surface area contributed by atoms with Gasteiger partial charge in [-0.15, -0.1) is 0 Å². The fourth-order valence-electron chi connectivity index (χ4n) is 2.66. The second-order valence-corrected chi connectivity index (χ2v) is 8.48. The molecule has 0 heterocycles. The van der Waals surface area contributed by atoms with E-state index in [2.05, 4.69) is 10.0 Å². The van der Waals surface area contributed by atoms with Gasteiger partial charge < -0.3 is 19.5 Å². The second kappa shape index (κ2) is 11.2. The molecule has 0 aromatic heterocycles. The minimum Gasteiger partial charge on any atom is -0.496 e. The lowest BCUT2D eigenvalue weighted by molar-refractivity contribution is -0.123. The molecule has 30 heavy (non-hydrogen) atoms. The molecular formula is C20H25ClN2O6S. The molecular weight excluding hydrogens is 432 g/mol. The molecule has 0 saturated heterocycles. The van der Waals surface area contributed by atoms with Gasteiger partial charge in [-0.05, 0) is 31.2 Å². The molecule has 1 atom stereocenters. The molecule has 0 saturated carbocycles. The molecule has 0 aliphatic heterocycles. The molecule has 0 spiro atoms. The lowest BCUT2D eigenvalue weighted by Gasteiger charge is -2.17. The van der Waals surface area contributed by atoms with Gasteiger partial charge in [0.1, 0.15) is 11.5 Å². The maximum atomic E-state index is 12.2. The van der Waals surface area contributed by atoms with Crippen LogP contribution in [0.3, 0.4) is 0 Å². The van der Waals surface area contributed by atoms with Crippen LogP contribution >= 0.6 is 11.6 Å². The molecule has 0 fully saturated rings. The Morgan fingerprint density at radius 2 is 1.87 bits per heavy atom. The van der Waals surface area contributed by atoms with Crippen LogP contribution in [0.4, 0.5) is 0 Å². The summed E-state index contributed by atoms with van der Waals surface area (Å²) in [7, 11) is -0.676. The Balaban J connectivity index is 1.96. The number of carbonyl (C=O) groups excluding carboxylic acids is 1. The summed E-state index contributed by atoms with van der Waals surface area (Å²) >= 11 is 6.13. The van der Waals surface area contributed by atoms with Crippen molar-refractivity contribution in [1.82, 2.24) is 10.0 Å². The standard InChI is InChI=1S/C20H25ClN2O6S/c1-14(16-6-4-5-7-18(16)28-3)23-20(24)13-29-19-9-8-15(12-17(19)21)30(25,26)22-10-11-27-2/h4-9,12,14,22H,10-11,13H2,1-3H3,(H,23,24)/t14-/m1/s1. The Labute approximate surface area is 181 Å². The van der Waals surface area contributed by atoms with Crippen molar-refractivity contribution in [3.8, 4) is 11.5 Å². The first kappa shape index (κ1) is 23.9. The molecule has 1 amide bonds. The number of rotatable bonds is 11. The minimum absolute atomic E-state index is 0.00907. The van der Waals surface area contributed by atoms with Crippen LogP contribution in [0.15, 0.2) is 47.4 Å². The fraction of sp³-hybridized carbons (Fsp3) is 0.350. The summed E-state index contributed by atoms with van der Waals surface area (Å²) in [5.74, 6) is 0.514. The normalized spacial score (nSPS) is 12.3. The number of hydrogen-bond acceptors (Lipinski definition) is 6. The second-order valence-electron chi connectivity index (χ2n) is 6.30. The summed E-state index contributed by atoms with van der Waals surface area (Å²) in [6.45, 7) is 1.94. The summed E-state index contributed by atoms with van der Waals surface area (Å²) < 4.78 is 42.4. The van der Waals surface area contributed by atoms with E-state index in [1.165, 1.54) is 25.3 Å². The van der Waals surface area contributed by atoms with Crippen molar-refractivity contribution in [3.05, 3.63) is 53.1 Å². The molecule has 0 radical (unpaired) electrons. The van der Waals surface area contributed by atoms with Gasteiger partial charge >= 0.3 is 0 Å². The smallest absolute Gasteiger partial charge is 0.258 e. The van der Waals surface area contributed by atoms with Crippen molar-refractivity contribution in [3.63, 3.8) is 0 Å². The highest BCUT2D eigenvalue weighted by Crippen LogP contribution is 2.28. The summed E-state index contributed by atoms with van der Waals surface area (Å²) in [5.41, 5.74) is 0.835. The number of nitrogens with one attached hydrogen (secondary N) is 2. The van der Waals surface area contributed by atoms with Gasteiger partial charge in [0.15, 0.2) is 6.61 Å². The molecule has 2 rings (SSSR count). The van der Waals surface area contributed by atoms with Crippen LogP contribution in [0.1, 0.15) is 18.5 Å². The van der Waals surface area contributed by atoms with Crippen LogP contribution in [0.5, 0.6) is 11.5 Å². The maximum Gasteiger partial charge on any atom is 0.258 e. The van der Waals surface area contributed by atoms with Gasteiger partial charge in [-0.25, -0.2) is 13.1 Å². The average Bonchev–Trinajstić information content (AvgIpc) is 2.72. The summed E-state index contributed by atoms with van der Waals surface area (Å²) in [6, 6.07) is 11.1. The zero-order valence-corrected chi connectivity index (χ0v) is 18.5. The minimum atomic E-state index is -3.72. The number of amides is 1. The Hall–Kier alpha value is -2.33. The molecule has 0 unspecified atom stereocenters. The van der Waals surface area contributed by atoms with Crippen LogP contribution in [-0.4, -0.2) is 48.3 Å². The molecule has 164 valence electrons. The van der Waals surface area contributed by atoms with Crippen LogP contribution in [-0.2, 0) is 19.6 Å². The van der Waals surface area contributed by atoms with Crippen LogP contribution in [0.2, 0.25) is 5.02 Å². The van der Waals surface area contributed by atoms with Crippen molar-refractivity contribution in [1.29, 1.82) is 0 Å². The molecule has 10 heteroatoms. The molecule has 0 bridgehead atoms.